The van der Waals surface area contributed by atoms with Gasteiger partial charge in [-0.3, -0.25) is 9.59 Å². The van der Waals surface area contributed by atoms with Gasteiger partial charge in [-0.2, -0.15) is 0 Å². The molecule has 0 rings (SSSR count). The van der Waals surface area contributed by atoms with Crippen LogP contribution in [0, 0.1) is 0 Å². The van der Waals surface area contributed by atoms with Crippen molar-refractivity contribution in [2.75, 3.05) is 6.54 Å². The Labute approximate surface area is 336 Å². The van der Waals surface area contributed by atoms with Gasteiger partial charge in [-0.15, -0.1) is 0 Å². The van der Waals surface area contributed by atoms with E-state index in [1.807, 2.05) is 6.08 Å². The van der Waals surface area contributed by atoms with E-state index in [1.165, 1.54) is 12.8 Å². The van der Waals surface area contributed by atoms with Crippen LogP contribution in [0.15, 0.2) is 97.2 Å². The summed E-state index contributed by atoms with van der Waals surface area (Å²) in [5.74, 6) is -1.40. The third-order valence-corrected chi connectivity index (χ3v) is 8.87. The zero-order valence-electron chi connectivity index (χ0n) is 34.7. The molecule has 0 bridgehead atoms. The lowest BCUT2D eigenvalue weighted by molar-refractivity contribution is -0.147. The molecule has 310 valence electrons. The summed E-state index contributed by atoms with van der Waals surface area (Å²) in [5.41, 5.74) is 5.48. The normalized spacial score (nSPS) is 13.7. The highest BCUT2D eigenvalue weighted by Gasteiger charge is 2.19. The molecule has 0 spiro atoms. The Morgan fingerprint density at radius 1 is 0.564 bits per heavy atom. The van der Waals surface area contributed by atoms with Crippen molar-refractivity contribution in [1.82, 2.24) is 5.32 Å². The SMILES string of the molecule is CC/C=C\C/C=C\C/C=C\C/C=C\C/C=C\C/C=C\CCCCCCC(=O)OC(/C=C\C/C=C\CCCC)CCCCCCC(=O)NC(CCCN)C(=O)O. The minimum absolute atomic E-state index is 0.135. The van der Waals surface area contributed by atoms with Crippen molar-refractivity contribution >= 4 is 17.8 Å². The largest absolute Gasteiger partial charge is 0.480 e. The number of rotatable bonds is 37. The van der Waals surface area contributed by atoms with Crippen LogP contribution in [0.25, 0.3) is 0 Å². The van der Waals surface area contributed by atoms with Crippen molar-refractivity contribution in [2.45, 2.75) is 180 Å². The maximum Gasteiger partial charge on any atom is 0.326 e. The van der Waals surface area contributed by atoms with E-state index < -0.39 is 12.0 Å². The van der Waals surface area contributed by atoms with Gasteiger partial charge in [0.15, 0.2) is 0 Å². The second-order valence-electron chi connectivity index (χ2n) is 14.0. The summed E-state index contributed by atoms with van der Waals surface area (Å²) in [7, 11) is 0. The first kappa shape index (κ1) is 51.3. The average molecular weight is 763 g/mol. The molecule has 0 aliphatic rings. The third-order valence-electron chi connectivity index (χ3n) is 8.87. The van der Waals surface area contributed by atoms with Gasteiger partial charge >= 0.3 is 11.9 Å². The standard InChI is InChI=1S/C48H78N2O5/c1-3-5-7-9-11-12-13-14-15-16-17-18-19-20-21-22-23-24-25-26-28-30-36-42-47(52)55-44(38-33-29-27-10-8-6-4-2)39-34-31-32-35-41-46(51)50-45(48(53)54)40-37-43-49/h5,7,10-12,14-15,17-18,20-21,23-24,27,33,38,44-45H,3-4,6,8-9,13,16,19,22,25-26,28-32,34-37,39-43,49H2,1-2H3,(H,50,51)(H,53,54)/b7-5-,12-11-,15-14-,18-17-,21-20-,24-23-,27-10-,38-33-. The monoisotopic (exact) mass is 763 g/mol. The molecule has 0 radical (unpaired) electrons. The first-order chi connectivity index (χ1) is 26.9. The molecule has 7 nitrogen and oxygen atoms in total. The average Bonchev–Trinajstić information content (AvgIpc) is 3.17. The van der Waals surface area contributed by atoms with Gasteiger partial charge in [-0.1, -0.05) is 144 Å². The van der Waals surface area contributed by atoms with Crippen molar-refractivity contribution in [3.05, 3.63) is 97.2 Å². The van der Waals surface area contributed by atoms with Gasteiger partial charge in [0.25, 0.3) is 0 Å². The molecule has 7 heteroatoms. The Morgan fingerprint density at radius 2 is 1.05 bits per heavy atom. The number of carbonyl (C=O) groups is 3. The number of esters is 1. The van der Waals surface area contributed by atoms with Crippen molar-refractivity contribution in [2.24, 2.45) is 5.73 Å². The Kier molecular flexibility index (Phi) is 38.7. The van der Waals surface area contributed by atoms with Crippen LogP contribution in [0.4, 0.5) is 0 Å². The van der Waals surface area contributed by atoms with Crippen LogP contribution in [0.1, 0.15) is 168 Å². The van der Waals surface area contributed by atoms with Crippen LogP contribution in [0.2, 0.25) is 0 Å². The highest BCUT2D eigenvalue weighted by molar-refractivity contribution is 5.83. The van der Waals surface area contributed by atoms with Crippen molar-refractivity contribution < 1.29 is 24.2 Å². The van der Waals surface area contributed by atoms with E-state index in [0.29, 0.717) is 38.6 Å². The predicted octanol–water partition coefficient (Wildman–Crippen LogP) is 12.3. The molecule has 0 aliphatic heterocycles. The minimum Gasteiger partial charge on any atom is -0.480 e. The van der Waals surface area contributed by atoms with Gasteiger partial charge < -0.3 is 20.9 Å². The number of hydrogen-bond acceptors (Lipinski definition) is 5. The number of allylic oxidation sites excluding steroid dienone is 15. The molecule has 55 heavy (non-hydrogen) atoms. The lowest BCUT2D eigenvalue weighted by Gasteiger charge is -2.15. The van der Waals surface area contributed by atoms with Gasteiger partial charge in [0.1, 0.15) is 12.1 Å². The van der Waals surface area contributed by atoms with Gasteiger partial charge in [0.05, 0.1) is 0 Å². The fourth-order valence-electron chi connectivity index (χ4n) is 5.62. The topological polar surface area (TPSA) is 119 Å². The van der Waals surface area contributed by atoms with Gasteiger partial charge in [-0.25, -0.2) is 4.79 Å². The molecule has 0 fully saturated rings. The number of carboxylic acid groups (broad SMARTS) is 1. The molecule has 0 heterocycles. The number of carbonyl (C=O) groups excluding carboxylic acids is 2. The van der Waals surface area contributed by atoms with Crippen LogP contribution in [-0.2, 0) is 19.1 Å². The number of unbranched alkanes of at least 4 members (excludes halogenated alkanes) is 9. The number of nitrogens with two attached hydrogens (primary N) is 1. The molecule has 0 aromatic carbocycles. The van der Waals surface area contributed by atoms with Crippen LogP contribution < -0.4 is 11.1 Å². The number of hydrogen-bond donors (Lipinski definition) is 3. The summed E-state index contributed by atoms with van der Waals surface area (Å²) in [6, 6.07) is -0.881. The Morgan fingerprint density at radius 3 is 1.60 bits per heavy atom. The molecule has 0 aliphatic carbocycles. The fraction of sp³-hybridized carbons (Fsp3) is 0.604. The number of nitrogens with one attached hydrogen (secondary N) is 1. The third kappa shape index (κ3) is 38.4. The van der Waals surface area contributed by atoms with E-state index in [0.717, 1.165) is 109 Å². The van der Waals surface area contributed by atoms with Crippen molar-refractivity contribution in [3.8, 4) is 0 Å². The molecule has 0 saturated heterocycles. The Balaban J connectivity index is 4.26. The summed E-state index contributed by atoms with van der Waals surface area (Å²) in [6.45, 7) is 4.74. The van der Waals surface area contributed by atoms with Crippen molar-refractivity contribution in [3.63, 3.8) is 0 Å². The molecule has 0 aromatic rings. The second-order valence-corrected chi connectivity index (χ2v) is 14.0. The molecule has 2 atom stereocenters. The molecule has 0 saturated carbocycles. The van der Waals surface area contributed by atoms with E-state index in [2.05, 4.69) is 110 Å². The van der Waals surface area contributed by atoms with Crippen LogP contribution >= 0.6 is 0 Å². The molecular weight excluding hydrogens is 685 g/mol. The minimum atomic E-state index is -1.02. The van der Waals surface area contributed by atoms with Gasteiger partial charge in [-0.05, 0) is 115 Å². The predicted molar refractivity (Wildman–Crippen MR) is 234 cm³/mol. The molecule has 0 aromatic heterocycles. The lowest BCUT2D eigenvalue weighted by Crippen LogP contribution is -2.40. The molecule has 4 N–H and O–H groups in total. The van der Waals surface area contributed by atoms with Gasteiger partial charge in [0, 0.05) is 12.8 Å². The molecular formula is C48H78N2O5. The Bertz CT molecular complexity index is 1180. The molecule has 2 unspecified atom stereocenters. The van der Waals surface area contributed by atoms with E-state index in [1.54, 1.807) is 0 Å². The van der Waals surface area contributed by atoms with E-state index >= 15 is 0 Å². The number of amides is 1. The second kappa shape index (κ2) is 41.5. The quantitative estimate of drug-likeness (QED) is 0.0329. The van der Waals surface area contributed by atoms with Crippen LogP contribution in [-0.4, -0.2) is 41.6 Å². The number of aliphatic carboxylic acids is 1. The smallest absolute Gasteiger partial charge is 0.326 e. The van der Waals surface area contributed by atoms with Crippen molar-refractivity contribution in [1.29, 1.82) is 0 Å². The van der Waals surface area contributed by atoms with Crippen LogP contribution in [0.3, 0.4) is 0 Å². The van der Waals surface area contributed by atoms with E-state index in [9.17, 15) is 19.5 Å². The summed E-state index contributed by atoms with van der Waals surface area (Å²) >= 11 is 0. The lowest BCUT2D eigenvalue weighted by atomic mass is 10.1. The van der Waals surface area contributed by atoms with E-state index in [4.69, 9.17) is 10.5 Å². The first-order valence-electron chi connectivity index (χ1n) is 21.6. The van der Waals surface area contributed by atoms with Gasteiger partial charge in [0.2, 0.25) is 5.91 Å². The fourth-order valence-corrected chi connectivity index (χ4v) is 5.62. The highest BCUT2D eigenvalue weighted by Crippen LogP contribution is 2.14. The summed E-state index contributed by atoms with van der Waals surface area (Å²) in [4.78, 5) is 36.3. The summed E-state index contributed by atoms with van der Waals surface area (Å²) < 4.78 is 5.88. The summed E-state index contributed by atoms with van der Waals surface area (Å²) in [5, 5.41) is 11.9. The van der Waals surface area contributed by atoms with Crippen LogP contribution in [0.5, 0.6) is 0 Å². The number of carboxylic acids is 1. The molecule has 1 amide bonds. The first-order valence-corrected chi connectivity index (χ1v) is 21.6. The van der Waals surface area contributed by atoms with E-state index in [-0.39, 0.29) is 18.0 Å². The number of ether oxygens (including phenoxy) is 1. The Hall–Kier alpha value is -3.71. The maximum atomic E-state index is 12.7. The maximum absolute atomic E-state index is 12.7. The zero-order chi connectivity index (χ0) is 40.3. The zero-order valence-corrected chi connectivity index (χ0v) is 34.7. The summed E-state index contributed by atoms with van der Waals surface area (Å²) in [6.07, 6.45) is 56.2. The highest BCUT2D eigenvalue weighted by atomic mass is 16.5.